The largest absolute Gasteiger partial charge is 0.325 e. The molecule has 140 valence electrons. The molecule has 0 atom stereocenters. The Morgan fingerprint density at radius 3 is 2.73 bits per heavy atom. The molecule has 1 N–H and O–H groups in total. The Bertz CT molecular complexity index is 920. The number of benzene rings is 1. The van der Waals surface area contributed by atoms with Gasteiger partial charge in [0.15, 0.2) is 5.16 Å². The highest BCUT2D eigenvalue weighted by atomic mass is 32.2. The van der Waals surface area contributed by atoms with E-state index in [1.54, 1.807) is 12.1 Å². The molecule has 8 nitrogen and oxygen atoms in total. The minimum atomic E-state index is -3.54. The number of hydrogen-bond acceptors (Lipinski definition) is 6. The monoisotopic (exact) mass is 395 g/mol. The van der Waals surface area contributed by atoms with E-state index in [9.17, 15) is 13.2 Å². The van der Waals surface area contributed by atoms with Crippen molar-refractivity contribution >= 4 is 33.4 Å². The molecule has 0 bridgehead atoms. The Kier molecular flexibility index (Phi) is 5.35. The second kappa shape index (κ2) is 7.37. The van der Waals surface area contributed by atoms with Crippen molar-refractivity contribution in [3.8, 4) is 0 Å². The number of aromatic nitrogens is 3. The fraction of sp³-hybridized carbons (Fsp3) is 0.438. The molecule has 1 amide bonds. The van der Waals surface area contributed by atoms with Gasteiger partial charge in [-0.3, -0.25) is 4.79 Å². The normalized spacial score (nSPS) is 14.6. The molecule has 1 fully saturated rings. The molecule has 3 rings (SSSR count). The first kappa shape index (κ1) is 18.9. The van der Waals surface area contributed by atoms with E-state index in [2.05, 4.69) is 15.5 Å². The smallest absolute Gasteiger partial charge is 0.242 e. The van der Waals surface area contributed by atoms with Crippen LogP contribution in [0, 0.1) is 0 Å². The topological polar surface area (TPSA) is 97.2 Å². The minimum absolute atomic E-state index is 0.135. The number of amides is 1. The molecule has 1 aliphatic rings. The summed E-state index contributed by atoms with van der Waals surface area (Å²) in [4.78, 5) is 12.3. The standard InChI is InChI=1S/C16H21N5O3S2/c1-20(2)26(23,24)13-6-4-5-12(9-13)17-14(22)10-25-16-19-18-15(21(16)3)11-7-8-11/h4-6,9,11H,7-8,10H2,1-3H3,(H,17,22). The number of nitrogens with one attached hydrogen (secondary N) is 1. The van der Waals surface area contributed by atoms with E-state index in [-0.39, 0.29) is 16.6 Å². The van der Waals surface area contributed by atoms with Crippen LogP contribution in [0.1, 0.15) is 24.6 Å². The van der Waals surface area contributed by atoms with Gasteiger partial charge in [0.2, 0.25) is 15.9 Å². The van der Waals surface area contributed by atoms with Crippen LogP contribution < -0.4 is 5.32 Å². The number of nitrogens with zero attached hydrogens (tertiary/aromatic N) is 4. The molecule has 1 aliphatic carbocycles. The minimum Gasteiger partial charge on any atom is -0.325 e. The summed E-state index contributed by atoms with van der Waals surface area (Å²) in [5.41, 5.74) is 0.440. The molecule has 1 heterocycles. The van der Waals surface area contributed by atoms with Crippen molar-refractivity contribution in [1.82, 2.24) is 19.1 Å². The molecular weight excluding hydrogens is 374 g/mol. The van der Waals surface area contributed by atoms with Crippen LogP contribution in [0.4, 0.5) is 5.69 Å². The van der Waals surface area contributed by atoms with Crippen LogP contribution >= 0.6 is 11.8 Å². The van der Waals surface area contributed by atoms with Gasteiger partial charge in [-0.05, 0) is 31.0 Å². The number of sulfonamides is 1. The Balaban J connectivity index is 1.62. The molecule has 0 radical (unpaired) electrons. The molecule has 0 unspecified atom stereocenters. The summed E-state index contributed by atoms with van der Waals surface area (Å²) >= 11 is 1.31. The highest BCUT2D eigenvalue weighted by Crippen LogP contribution is 2.39. The van der Waals surface area contributed by atoms with Crippen molar-refractivity contribution in [3.05, 3.63) is 30.1 Å². The van der Waals surface area contributed by atoms with Crippen molar-refractivity contribution in [3.63, 3.8) is 0 Å². The van der Waals surface area contributed by atoms with Gasteiger partial charge >= 0.3 is 0 Å². The lowest BCUT2D eigenvalue weighted by molar-refractivity contribution is -0.113. The molecule has 0 saturated heterocycles. The van der Waals surface area contributed by atoms with Crippen LogP contribution in [0.15, 0.2) is 34.3 Å². The third-order valence-electron chi connectivity index (χ3n) is 4.04. The first-order chi connectivity index (χ1) is 12.3. The summed E-state index contributed by atoms with van der Waals surface area (Å²) in [6.45, 7) is 0. The number of carbonyl (C=O) groups excluding carboxylic acids is 1. The number of thioether (sulfide) groups is 1. The maximum absolute atomic E-state index is 12.2. The van der Waals surface area contributed by atoms with Crippen LogP contribution in [0.3, 0.4) is 0 Å². The van der Waals surface area contributed by atoms with E-state index in [1.165, 1.54) is 38.0 Å². The third-order valence-corrected chi connectivity index (χ3v) is 6.87. The maximum atomic E-state index is 12.2. The molecule has 26 heavy (non-hydrogen) atoms. The van der Waals surface area contributed by atoms with Gasteiger partial charge in [-0.15, -0.1) is 10.2 Å². The van der Waals surface area contributed by atoms with Crippen LogP contribution in [0.2, 0.25) is 0 Å². The molecule has 10 heteroatoms. The van der Waals surface area contributed by atoms with Crippen LogP contribution in [-0.2, 0) is 21.9 Å². The van der Waals surface area contributed by atoms with Crippen molar-refractivity contribution in [2.45, 2.75) is 28.8 Å². The zero-order chi connectivity index (χ0) is 18.9. The Morgan fingerprint density at radius 2 is 2.08 bits per heavy atom. The number of anilines is 1. The maximum Gasteiger partial charge on any atom is 0.242 e. The van der Waals surface area contributed by atoms with Gasteiger partial charge < -0.3 is 9.88 Å². The summed E-state index contributed by atoms with van der Waals surface area (Å²) in [6.07, 6.45) is 2.28. The number of hydrogen-bond donors (Lipinski definition) is 1. The van der Waals surface area contributed by atoms with Gasteiger partial charge in [0.05, 0.1) is 10.6 Å². The van der Waals surface area contributed by atoms with Gasteiger partial charge in [0.25, 0.3) is 0 Å². The lowest BCUT2D eigenvalue weighted by Gasteiger charge is -2.12. The predicted octanol–water partition coefficient (Wildman–Crippen LogP) is 1.67. The molecule has 2 aromatic rings. The van der Waals surface area contributed by atoms with Crippen LogP contribution in [-0.4, -0.2) is 53.2 Å². The summed E-state index contributed by atoms with van der Waals surface area (Å²) in [6, 6.07) is 6.21. The first-order valence-electron chi connectivity index (χ1n) is 8.13. The van der Waals surface area contributed by atoms with Gasteiger partial charge in [-0.25, -0.2) is 12.7 Å². The molecule has 0 aliphatic heterocycles. The Hall–Kier alpha value is -1.91. The van der Waals surface area contributed by atoms with Crippen molar-refractivity contribution < 1.29 is 13.2 Å². The highest BCUT2D eigenvalue weighted by Gasteiger charge is 2.29. The lowest BCUT2D eigenvalue weighted by atomic mass is 10.3. The molecular formula is C16H21N5O3S2. The van der Waals surface area contributed by atoms with Gasteiger partial charge in [-0.2, -0.15) is 0 Å². The quantitative estimate of drug-likeness (QED) is 0.717. The number of rotatable bonds is 7. The fourth-order valence-corrected chi connectivity index (χ4v) is 4.09. The van der Waals surface area contributed by atoms with Crippen LogP contribution in [0.5, 0.6) is 0 Å². The lowest BCUT2D eigenvalue weighted by Crippen LogP contribution is -2.22. The van der Waals surface area contributed by atoms with E-state index < -0.39 is 10.0 Å². The summed E-state index contributed by atoms with van der Waals surface area (Å²) < 4.78 is 27.4. The van der Waals surface area contributed by atoms with E-state index in [4.69, 9.17) is 0 Å². The van der Waals surface area contributed by atoms with Crippen LogP contribution in [0.25, 0.3) is 0 Å². The first-order valence-corrected chi connectivity index (χ1v) is 10.6. The van der Waals surface area contributed by atoms with E-state index in [1.807, 2.05) is 11.6 Å². The zero-order valence-corrected chi connectivity index (χ0v) is 16.5. The van der Waals surface area contributed by atoms with Gasteiger partial charge in [-0.1, -0.05) is 17.8 Å². The second-order valence-corrected chi connectivity index (χ2v) is 9.42. The van der Waals surface area contributed by atoms with E-state index in [0.29, 0.717) is 16.8 Å². The van der Waals surface area contributed by atoms with Crippen molar-refractivity contribution in [2.24, 2.45) is 7.05 Å². The number of carbonyl (C=O) groups is 1. The molecule has 1 saturated carbocycles. The molecule has 0 spiro atoms. The summed E-state index contributed by atoms with van der Waals surface area (Å²) in [5.74, 6) is 1.40. The van der Waals surface area contributed by atoms with E-state index in [0.717, 1.165) is 23.0 Å². The van der Waals surface area contributed by atoms with Crippen molar-refractivity contribution in [2.75, 3.05) is 25.2 Å². The van der Waals surface area contributed by atoms with E-state index >= 15 is 0 Å². The van der Waals surface area contributed by atoms with Crippen molar-refractivity contribution in [1.29, 1.82) is 0 Å². The zero-order valence-electron chi connectivity index (χ0n) is 14.8. The van der Waals surface area contributed by atoms with Gasteiger partial charge in [0, 0.05) is 32.7 Å². The van der Waals surface area contributed by atoms with Gasteiger partial charge in [0.1, 0.15) is 5.82 Å². The second-order valence-electron chi connectivity index (χ2n) is 6.33. The predicted molar refractivity (Wildman–Crippen MR) is 99.6 cm³/mol. The average Bonchev–Trinajstić information content (AvgIpc) is 3.36. The Labute approximate surface area is 157 Å². The molecule has 1 aromatic heterocycles. The summed E-state index contributed by atoms with van der Waals surface area (Å²) in [5, 5.41) is 11.7. The fourth-order valence-electron chi connectivity index (χ4n) is 2.42. The average molecular weight is 396 g/mol. The third kappa shape index (κ3) is 4.08. The SMILES string of the molecule is CN(C)S(=O)(=O)c1cccc(NC(=O)CSc2nnc(C3CC3)n2C)c1. The Morgan fingerprint density at radius 1 is 1.35 bits per heavy atom. The molecule has 1 aromatic carbocycles. The summed E-state index contributed by atoms with van der Waals surface area (Å²) in [7, 11) is 1.30. The highest BCUT2D eigenvalue weighted by molar-refractivity contribution is 7.99.